The molecule has 0 unspecified atom stereocenters. The molecule has 2 aromatic rings. The lowest BCUT2D eigenvalue weighted by Gasteiger charge is -1.97. The minimum absolute atomic E-state index is 1.22. The number of amides is 1. The van der Waals surface area contributed by atoms with Crippen molar-refractivity contribution in [2.24, 2.45) is 14.5 Å². The summed E-state index contributed by atoms with van der Waals surface area (Å²) in [6.07, 6.45) is 10.3. The number of nitrogens with two attached hydrogens (primary N) is 1. The molecule has 2 aromatic carbocycles. The molecule has 26 heavy (non-hydrogen) atoms. The van der Waals surface area contributed by atoms with Crippen LogP contribution in [0.4, 0.5) is 4.79 Å². The first-order valence-electron chi connectivity index (χ1n) is 7.57. The van der Waals surface area contributed by atoms with Gasteiger partial charge >= 0.3 is 6.09 Å². The van der Waals surface area contributed by atoms with Gasteiger partial charge in [-0.1, -0.05) is 48.6 Å². The van der Waals surface area contributed by atoms with E-state index in [9.17, 15) is 0 Å². The van der Waals surface area contributed by atoms with Crippen LogP contribution in [0.1, 0.15) is 11.1 Å². The van der Waals surface area contributed by atoms with E-state index < -0.39 is 6.09 Å². The second kappa shape index (κ2) is 11.0. The van der Waals surface area contributed by atoms with Crippen LogP contribution in [0.3, 0.4) is 0 Å². The second-order valence-electron chi connectivity index (χ2n) is 4.82. The van der Waals surface area contributed by atoms with Crippen molar-refractivity contribution in [3.8, 4) is 0 Å². The van der Waals surface area contributed by atoms with Crippen molar-refractivity contribution in [2.45, 2.75) is 9.79 Å². The number of hydrogen-bond donors (Lipinski definition) is 2. The molecular weight excluding hydrogens is 366 g/mol. The highest BCUT2D eigenvalue weighted by atomic mass is 32.2. The molecule has 0 radical (unpaired) electrons. The molecule has 0 atom stereocenters. The second-order valence-corrected chi connectivity index (χ2v) is 6.49. The van der Waals surface area contributed by atoms with Crippen LogP contribution in [0.25, 0.3) is 12.2 Å². The standard InChI is InChI=1S/2C9H7NS.CH3NO2/c2*1-2-6-9-8(4-1)5-3-7-10-11-9;2-1(3)4/h2*1-7H;2H2,(H,3,4). The zero-order chi connectivity index (χ0) is 18.6. The fraction of sp³-hybridized carbons (Fsp3) is 0. The van der Waals surface area contributed by atoms with Crippen LogP contribution < -0.4 is 5.73 Å². The van der Waals surface area contributed by atoms with Gasteiger partial charge in [-0.2, -0.15) is 0 Å². The lowest BCUT2D eigenvalue weighted by atomic mass is 10.2. The van der Waals surface area contributed by atoms with Gasteiger partial charge in [0.05, 0.1) is 0 Å². The summed E-state index contributed by atoms with van der Waals surface area (Å²) in [4.78, 5) is 11.2. The molecule has 7 heteroatoms. The Hall–Kier alpha value is -2.77. The van der Waals surface area contributed by atoms with E-state index >= 15 is 0 Å². The van der Waals surface area contributed by atoms with E-state index in [1.54, 1.807) is 0 Å². The van der Waals surface area contributed by atoms with Crippen LogP contribution in [0, 0.1) is 0 Å². The molecule has 4 rings (SSSR count). The third-order valence-corrected chi connectivity index (χ3v) is 4.58. The first kappa shape index (κ1) is 19.6. The van der Waals surface area contributed by atoms with Crippen LogP contribution in [0.2, 0.25) is 0 Å². The average Bonchev–Trinajstić information content (AvgIpc) is 3.02. The van der Waals surface area contributed by atoms with Crippen molar-refractivity contribution in [3.05, 3.63) is 71.8 Å². The molecule has 3 N–H and O–H groups in total. The lowest BCUT2D eigenvalue weighted by molar-refractivity contribution is 0.205. The van der Waals surface area contributed by atoms with Crippen LogP contribution in [-0.2, 0) is 0 Å². The first-order chi connectivity index (χ1) is 12.7. The van der Waals surface area contributed by atoms with Crippen LogP contribution in [-0.4, -0.2) is 23.6 Å². The number of carboxylic acid groups (broad SMARTS) is 1. The molecule has 0 spiro atoms. The maximum Gasteiger partial charge on any atom is 0.402 e. The predicted molar refractivity (Wildman–Crippen MR) is 112 cm³/mol. The van der Waals surface area contributed by atoms with Gasteiger partial charge in [-0.15, -0.1) is 0 Å². The third-order valence-electron chi connectivity index (χ3n) is 2.99. The summed E-state index contributed by atoms with van der Waals surface area (Å²) in [5, 5.41) is 7.19. The van der Waals surface area contributed by atoms with Gasteiger partial charge in [0.1, 0.15) is 0 Å². The van der Waals surface area contributed by atoms with Crippen molar-refractivity contribution in [2.75, 3.05) is 0 Å². The molecular formula is C19H17N3O2S2. The highest BCUT2D eigenvalue weighted by molar-refractivity contribution is 7.98. The van der Waals surface area contributed by atoms with Crippen molar-refractivity contribution < 1.29 is 9.90 Å². The Bertz CT molecular complexity index is 792. The summed E-state index contributed by atoms with van der Waals surface area (Å²) >= 11 is 3.03. The number of allylic oxidation sites excluding steroid dienone is 2. The zero-order valence-electron chi connectivity index (χ0n) is 13.7. The molecule has 5 nitrogen and oxygen atoms in total. The number of fused-ring (bicyclic) bond motifs is 2. The number of primary amides is 1. The van der Waals surface area contributed by atoms with Gasteiger partial charge in [0.25, 0.3) is 0 Å². The molecule has 2 heterocycles. The Morgan fingerprint density at radius 3 is 1.62 bits per heavy atom. The Morgan fingerprint density at radius 1 is 0.808 bits per heavy atom. The van der Waals surface area contributed by atoms with Gasteiger partial charge in [-0.25, -0.2) is 13.6 Å². The van der Waals surface area contributed by atoms with Crippen molar-refractivity contribution in [1.29, 1.82) is 0 Å². The highest BCUT2D eigenvalue weighted by Gasteiger charge is 1.99. The quantitative estimate of drug-likeness (QED) is 0.612. The Kier molecular flexibility index (Phi) is 8.25. The van der Waals surface area contributed by atoms with Gasteiger partial charge in [-0.05, 0) is 35.4 Å². The Balaban J connectivity index is 0.000000156. The smallest absolute Gasteiger partial charge is 0.402 e. The SMILES string of the molecule is C1=Cc2ccccc2SN=C1.C1=Cc2ccccc2SN=C1.NC(=O)O. The summed E-state index contributed by atoms with van der Waals surface area (Å²) in [6.45, 7) is 0. The predicted octanol–water partition coefficient (Wildman–Crippen LogP) is 5.21. The summed E-state index contributed by atoms with van der Waals surface area (Å²) in [6, 6.07) is 16.5. The van der Waals surface area contributed by atoms with Crippen molar-refractivity contribution >= 4 is 54.6 Å². The maximum absolute atomic E-state index is 8.78. The number of carbonyl (C=O) groups is 1. The number of rotatable bonds is 0. The number of benzene rings is 2. The van der Waals surface area contributed by atoms with Gasteiger partial charge in [0, 0.05) is 46.1 Å². The monoisotopic (exact) mass is 383 g/mol. The van der Waals surface area contributed by atoms with E-state index in [1.807, 2.05) is 48.8 Å². The van der Waals surface area contributed by atoms with Gasteiger partial charge in [0.2, 0.25) is 0 Å². The van der Waals surface area contributed by atoms with Gasteiger partial charge in [-0.3, -0.25) is 0 Å². The maximum atomic E-state index is 8.78. The molecule has 0 aromatic heterocycles. The van der Waals surface area contributed by atoms with E-state index in [-0.39, 0.29) is 0 Å². The lowest BCUT2D eigenvalue weighted by Crippen LogP contribution is -2.03. The van der Waals surface area contributed by atoms with E-state index in [2.05, 4.69) is 50.9 Å². The Labute approximate surface area is 160 Å². The van der Waals surface area contributed by atoms with Crippen molar-refractivity contribution in [3.63, 3.8) is 0 Å². The number of hydrogen-bond acceptors (Lipinski definition) is 5. The zero-order valence-corrected chi connectivity index (χ0v) is 15.4. The van der Waals surface area contributed by atoms with Gasteiger partial charge < -0.3 is 10.8 Å². The molecule has 0 saturated carbocycles. The molecule has 0 bridgehead atoms. The van der Waals surface area contributed by atoms with Gasteiger partial charge in [0.15, 0.2) is 0 Å². The fourth-order valence-electron chi connectivity index (χ4n) is 1.94. The normalized spacial score (nSPS) is 12.9. The highest BCUT2D eigenvalue weighted by Crippen LogP contribution is 2.26. The van der Waals surface area contributed by atoms with Crippen LogP contribution >= 0.6 is 23.9 Å². The number of nitrogens with zero attached hydrogens (tertiary/aromatic N) is 2. The molecule has 0 saturated heterocycles. The molecule has 132 valence electrons. The average molecular weight is 383 g/mol. The molecule has 2 aliphatic rings. The fourth-order valence-corrected chi connectivity index (χ4v) is 3.19. The molecule has 0 fully saturated rings. The molecule has 1 amide bonds. The molecule has 0 aliphatic carbocycles. The van der Waals surface area contributed by atoms with E-state index in [0.717, 1.165) is 0 Å². The minimum Gasteiger partial charge on any atom is -0.465 e. The summed E-state index contributed by atoms with van der Waals surface area (Å²) < 4.78 is 8.23. The largest absolute Gasteiger partial charge is 0.465 e. The minimum atomic E-state index is -1.33. The van der Waals surface area contributed by atoms with Crippen LogP contribution in [0.5, 0.6) is 0 Å². The van der Waals surface area contributed by atoms with E-state index in [4.69, 9.17) is 9.90 Å². The van der Waals surface area contributed by atoms with E-state index in [1.165, 1.54) is 44.8 Å². The van der Waals surface area contributed by atoms with Crippen LogP contribution in [0.15, 0.2) is 79.3 Å². The summed E-state index contributed by atoms with van der Waals surface area (Å²) in [7, 11) is 0. The molecule has 2 aliphatic heterocycles. The first-order valence-corrected chi connectivity index (χ1v) is 9.12. The summed E-state index contributed by atoms with van der Waals surface area (Å²) in [5.74, 6) is 0. The van der Waals surface area contributed by atoms with E-state index in [0.29, 0.717) is 0 Å². The van der Waals surface area contributed by atoms with Crippen molar-refractivity contribution in [1.82, 2.24) is 0 Å². The summed E-state index contributed by atoms with van der Waals surface area (Å²) in [5.41, 5.74) is 6.52. The third kappa shape index (κ3) is 7.00. The Morgan fingerprint density at radius 2 is 1.19 bits per heavy atom. The topological polar surface area (TPSA) is 88.0 Å².